The van der Waals surface area contributed by atoms with Crippen LogP contribution in [-0.4, -0.2) is 48.9 Å². The van der Waals surface area contributed by atoms with Crippen LogP contribution in [0.3, 0.4) is 0 Å². The van der Waals surface area contributed by atoms with E-state index >= 15 is 0 Å². The molecule has 0 aromatic carbocycles. The van der Waals surface area contributed by atoms with Gasteiger partial charge < -0.3 is 15.5 Å². The highest BCUT2D eigenvalue weighted by Gasteiger charge is 2.38. The molecule has 2 aliphatic heterocycles. The number of nitrogens with zero attached hydrogens (tertiary/aromatic N) is 1. The molecule has 3 unspecified atom stereocenters. The predicted molar refractivity (Wildman–Crippen MR) is 69.0 cm³/mol. The van der Waals surface area contributed by atoms with Gasteiger partial charge in [0.25, 0.3) is 0 Å². The number of carbonyl (C=O) groups is 2. The minimum atomic E-state index is -0.265. The van der Waals surface area contributed by atoms with Crippen molar-refractivity contribution in [2.45, 2.75) is 44.7 Å². The lowest BCUT2D eigenvalue weighted by Crippen LogP contribution is -2.55. The van der Waals surface area contributed by atoms with Crippen LogP contribution >= 0.6 is 0 Å². The molecule has 3 atom stereocenters. The monoisotopic (exact) mass is 253 g/mol. The van der Waals surface area contributed by atoms with Gasteiger partial charge in [-0.15, -0.1) is 0 Å². The first kappa shape index (κ1) is 13.3. The molecule has 0 aliphatic carbocycles. The van der Waals surface area contributed by atoms with Gasteiger partial charge in [-0.25, -0.2) is 0 Å². The van der Waals surface area contributed by atoms with E-state index < -0.39 is 0 Å². The molecule has 102 valence electrons. The van der Waals surface area contributed by atoms with Crippen molar-refractivity contribution >= 4 is 11.8 Å². The second-order valence-corrected chi connectivity index (χ2v) is 5.36. The smallest absolute Gasteiger partial charge is 0.242 e. The first-order valence-electron chi connectivity index (χ1n) is 6.90. The summed E-state index contributed by atoms with van der Waals surface area (Å²) < 4.78 is 0. The van der Waals surface area contributed by atoms with E-state index in [0.717, 1.165) is 32.2 Å². The largest absolute Gasteiger partial charge is 0.357 e. The second kappa shape index (κ2) is 5.69. The summed E-state index contributed by atoms with van der Waals surface area (Å²) in [5.74, 6) is 0.426. The van der Waals surface area contributed by atoms with Crippen LogP contribution < -0.4 is 10.6 Å². The van der Waals surface area contributed by atoms with E-state index in [2.05, 4.69) is 17.6 Å². The number of hydrogen-bond donors (Lipinski definition) is 2. The molecule has 2 amide bonds. The van der Waals surface area contributed by atoms with Crippen molar-refractivity contribution in [1.29, 1.82) is 0 Å². The summed E-state index contributed by atoms with van der Waals surface area (Å²) in [4.78, 5) is 26.1. The highest BCUT2D eigenvalue weighted by molar-refractivity contribution is 5.90. The maximum atomic E-state index is 12.5. The Morgan fingerprint density at radius 2 is 2.06 bits per heavy atom. The lowest BCUT2D eigenvalue weighted by Gasteiger charge is -2.34. The van der Waals surface area contributed by atoms with Gasteiger partial charge in [-0.3, -0.25) is 9.59 Å². The molecule has 0 radical (unpaired) electrons. The molecule has 2 aliphatic rings. The van der Waals surface area contributed by atoms with Gasteiger partial charge in [0.1, 0.15) is 6.04 Å². The van der Waals surface area contributed by atoms with E-state index in [9.17, 15) is 9.59 Å². The number of carbonyl (C=O) groups excluding carboxylic acids is 2. The number of piperidine rings is 1. The Kier molecular flexibility index (Phi) is 4.22. The fourth-order valence-electron chi connectivity index (χ4n) is 3.03. The Balaban J connectivity index is 2.05. The molecule has 2 fully saturated rings. The summed E-state index contributed by atoms with van der Waals surface area (Å²) in [5.41, 5.74) is 0. The highest BCUT2D eigenvalue weighted by Crippen LogP contribution is 2.23. The Labute approximate surface area is 108 Å². The van der Waals surface area contributed by atoms with Crippen molar-refractivity contribution in [2.75, 3.05) is 20.1 Å². The molecule has 2 rings (SSSR count). The molecular weight excluding hydrogens is 230 g/mol. The molecule has 0 spiro atoms. The number of amides is 2. The van der Waals surface area contributed by atoms with Gasteiger partial charge in [-0.2, -0.15) is 0 Å². The summed E-state index contributed by atoms with van der Waals surface area (Å²) in [7, 11) is 1.63. The lowest BCUT2D eigenvalue weighted by atomic mass is 9.91. The summed E-state index contributed by atoms with van der Waals surface area (Å²) in [6.07, 6.45) is 3.92. The molecule has 0 bridgehead atoms. The Hall–Kier alpha value is -1.10. The van der Waals surface area contributed by atoms with Crippen LogP contribution in [0.15, 0.2) is 0 Å². The third-order valence-electron chi connectivity index (χ3n) is 4.12. The topological polar surface area (TPSA) is 61.4 Å². The fraction of sp³-hybridized carbons (Fsp3) is 0.846. The summed E-state index contributed by atoms with van der Waals surface area (Å²) in [6.45, 7) is 3.72. The zero-order valence-electron chi connectivity index (χ0n) is 11.2. The van der Waals surface area contributed by atoms with E-state index in [1.807, 2.05) is 0 Å². The first-order chi connectivity index (χ1) is 8.65. The van der Waals surface area contributed by atoms with Gasteiger partial charge >= 0.3 is 0 Å². The highest BCUT2D eigenvalue weighted by atomic mass is 16.2. The summed E-state index contributed by atoms with van der Waals surface area (Å²) >= 11 is 0. The van der Waals surface area contributed by atoms with Crippen LogP contribution in [0.5, 0.6) is 0 Å². The number of hydrogen-bond acceptors (Lipinski definition) is 3. The van der Waals surface area contributed by atoms with E-state index in [-0.39, 0.29) is 23.9 Å². The third kappa shape index (κ3) is 2.51. The van der Waals surface area contributed by atoms with Gasteiger partial charge in [-0.05, 0) is 38.1 Å². The predicted octanol–water partition coefficient (Wildman–Crippen LogP) is 0.112. The van der Waals surface area contributed by atoms with E-state index in [1.54, 1.807) is 11.9 Å². The molecule has 2 heterocycles. The lowest BCUT2D eigenvalue weighted by molar-refractivity contribution is -0.141. The minimum Gasteiger partial charge on any atom is -0.357 e. The van der Waals surface area contributed by atoms with Crippen LogP contribution in [-0.2, 0) is 9.59 Å². The van der Waals surface area contributed by atoms with Gasteiger partial charge in [0.15, 0.2) is 0 Å². The third-order valence-corrected chi connectivity index (χ3v) is 4.12. The van der Waals surface area contributed by atoms with Crippen molar-refractivity contribution in [3.05, 3.63) is 0 Å². The van der Waals surface area contributed by atoms with Crippen LogP contribution in [0.25, 0.3) is 0 Å². The van der Waals surface area contributed by atoms with Crippen molar-refractivity contribution in [3.8, 4) is 0 Å². The van der Waals surface area contributed by atoms with E-state index in [0.29, 0.717) is 12.5 Å². The van der Waals surface area contributed by atoms with Gasteiger partial charge in [-0.1, -0.05) is 6.92 Å². The quantitative estimate of drug-likeness (QED) is 0.734. The zero-order chi connectivity index (χ0) is 13.1. The molecule has 2 saturated heterocycles. The number of likely N-dealkylation sites (tertiary alicyclic amines) is 1. The second-order valence-electron chi connectivity index (χ2n) is 5.36. The van der Waals surface area contributed by atoms with Gasteiger partial charge in [0, 0.05) is 13.6 Å². The maximum absolute atomic E-state index is 12.5. The van der Waals surface area contributed by atoms with Crippen LogP contribution in [0, 0.1) is 5.92 Å². The van der Waals surface area contributed by atoms with Crippen molar-refractivity contribution in [2.24, 2.45) is 5.92 Å². The average Bonchev–Trinajstić information content (AvgIpc) is 2.86. The first-order valence-corrected chi connectivity index (χ1v) is 6.90. The van der Waals surface area contributed by atoms with Crippen molar-refractivity contribution in [1.82, 2.24) is 15.5 Å². The molecule has 5 heteroatoms. The standard InChI is InChI=1S/C13H23N3O2/c1-9-5-3-7-15-11(9)13(18)16-8-4-6-10(16)12(17)14-2/h9-11,15H,3-8H2,1-2H3,(H,14,17). The van der Waals surface area contributed by atoms with Gasteiger partial charge in [0.2, 0.25) is 11.8 Å². The maximum Gasteiger partial charge on any atom is 0.242 e. The van der Waals surface area contributed by atoms with Gasteiger partial charge in [0.05, 0.1) is 6.04 Å². The van der Waals surface area contributed by atoms with E-state index in [4.69, 9.17) is 0 Å². The molecule has 0 saturated carbocycles. The Bertz CT molecular complexity index is 332. The number of rotatable bonds is 2. The SMILES string of the molecule is CNC(=O)C1CCCN1C(=O)C1NCCCC1C. The van der Waals surface area contributed by atoms with E-state index in [1.165, 1.54) is 0 Å². The minimum absolute atomic E-state index is 0.0377. The number of nitrogens with one attached hydrogen (secondary N) is 2. The zero-order valence-corrected chi connectivity index (χ0v) is 11.2. The van der Waals surface area contributed by atoms with Crippen molar-refractivity contribution in [3.63, 3.8) is 0 Å². The van der Waals surface area contributed by atoms with Crippen LogP contribution in [0.4, 0.5) is 0 Å². The number of likely N-dealkylation sites (N-methyl/N-ethyl adjacent to an activating group) is 1. The summed E-state index contributed by atoms with van der Waals surface area (Å²) in [5, 5.41) is 5.95. The Morgan fingerprint density at radius 3 is 2.72 bits per heavy atom. The molecule has 2 N–H and O–H groups in total. The van der Waals surface area contributed by atoms with Crippen LogP contribution in [0.2, 0.25) is 0 Å². The van der Waals surface area contributed by atoms with Crippen molar-refractivity contribution < 1.29 is 9.59 Å². The van der Waals surface area contributed by atoms with Crippen LogP contribution in [0.1, 0.15) is 32.6 Å². The summed E-state index contributed by atoms with van der Waals surface area (Å²) in [6, 6.07) is -0.373. The Morgan fingerprint density at radius 1 is 1.28 bits per heavy atom. The normalized spacial score (nSPS) is 32.3. The molecule has 0 aromatic rings. The molecule has 5 nitrogen and oxygen atoms in total. The fourth-order valence-corrected chi connectivity index (χ4v) is 3.03. The molecular formula is C13H23N3O2. The molecule has 0 aromatic heterocycles. The average molecular weight is 253 g/mol. The molecule has 18 heavy (non-hydrogen) atoms.